The molecule has 4 rings (SSSR count). The summed E-state index contributed by atoms with van der Waals surface area (Å²) in [4.78, 5) is 28.9. The van der Waals surface area contributed by atoms with Crippen molar-refractivity contribution in [2.45, 2.75) is 39.4 Å². The predicted octanol–water partition coefficient (Wildman–Crippen LogP) is 3.31. The zero-order valence-electron chi connectivity index (χ0n) is 21.0. The highest BCUT2D eigenvalue weighted by molar-refractivity contribution is 7.89. The summed E-state index contributed by atoms with van der Waals surface area (Å²) in [6, 6.07) is 4.28. The number of halogens is 4. The fourth-order valence-corrected chi connectivity index (χ4v) is 5.70. The number of carbonyl (C=O) groups is 2. The van der Waals surface area contributed by atoms with E-state index in [1.165, 1.54) is 17.3 Å². The maximum absolute atomic E-state index is 13.9. The molecule has 3 heterocycles. The number of nitrogens with zero attached hydrogens (tertiary/aromatic N) is 4. The number of nitrogens with one attached hydrogen (secondary N) is 1. The Labute approximate surface area is 221 Å². The Hall–Kier alpha value is -3.59. The van der Waals surface area contributed by atoms with Gasteiger partial charge in [0.05, 0.1) is 28.2 Å². The second-order valence-corrected chi connectivity index (χ2v) is 11.5. The number of pyridine rings is 1. The summed E-state index contributed by atoms with van der Waals surface area (Å²) in [7, 11) is -3.35. The summed E-state index contributed by atoms with van der Waals surface area (Å²) in [6.07, 6.45) is -4.02. The minimum absolute atomic E-state index is 0.0312. The summed E-state index contributed by atoms with van der Waals surface area (Å²) in [5.41, 5.74) is 2.79. The van der Waals surface area contributed by atoms with Crippen LogP contribution in [0.3, 0.4) is 0 Å². The number of hydrogen-bond donors (Lipinski definition) is 2. The van der Waals surface area contributed by atoms with Gasteiger partial charge in [0.15, 0.2) is 5.69 Å². The van der Waals surface area contributed by atoms with Crippen LogP contribution >= 0.6 is 0 Å². The Bertz CT molecular complexity index is 1550. The van der Waals surface area contributed by atoms with Crippen LogP contribution in [0.5, 0.6) is 0 Å². The Kier molecular flexibility index (Phi) is 7.67. The molecular weight excluding hydrogens is 544 g/mol. The van der Waals surface area contributed by atoms with Crippen LogP contribution in [0, 0.1) is 18.7 Å². The van der Waals surface area contributed by atoms with Gasteiger partial charge in [0.1, 0.15) is 11.5 Å². The second kappa shape index (κ2) is 10.5. The number of rotatable bonds is 7. The summed E-state index contributed by atoms with van der Waals surface area (Å²) >= 11 is 0. The van der Waals surface area contributed by atoms with Gasteiger partial charge in [0.25, 0.3) is 11.8 Å². The number of piperidine rings is 1. The topological polar surface area (TPSA) is 140 Å². The average molecular weight is 571 g/mol. The van der Waals surface area contributed by atoms with E-state index in [9.17, 15) is 35.6 Å². The Morgan fingerprint density at radius 3 is 2.44 bits per heavy atom. The van der Waals surface area contributed by atoms with E-state index >= 15 is 0 Å². The number of amides is 2. The summed E-state index contributed by atoms with van der Waals surface area (Å²) in [6.45, 7) is 3.53. The highest BCUT2D eigenvalue weighted by Crippen LogP contribution is 2.37. The first-order valence-corrected chi connectivity index (χ1v) is 13.7. The van der Waals surface area contributed by atoms with Gasteiger partial charge in [-0.2, -0.15) is 18.3 Å². The van der Waals surface area contributed by atoms with Crippen molar-refractivity contribution >= 4 is 38.4 Å². The van der Waals surface area contributed by atoms with E-state index in [1.54, 1.807) is 6.92 Å². The number of nitrogens with two attached hydrogens (primary N) is 1. The Morgan fingerprint density at radius 2 is 1.85 bits per heavy atom. The van der Waals surface area contributed by atoms with Crippen molar-refractivity contribution in [3.8, 4) is 0 Å². The molecule has 0 atom stereocenters. The molecule has 0 unspecified atom stereocenters. The molecule has 15 heteroatoms. The number of aromatic nitrogens is 3. The number of primary amides is 1. The molecule has 0 aliphatic carbocycles. The van der Waals surface area contributed by atoms with E-state index in [-0.39, 0.29) is 59.2 Å². The molecular formula is C24H26F4N6O4S. The molecule has 1 aromatic carbocycles. The lowest BCUT2D eigenvalue weighted by molar-refractivity contribution is -0.140. The summed E-state index contributed by atoms with van der Waals surface area (Å²) < 4.78 is 82.3. The second-order valence-electron chi connectivity index (χ2n) is 9.27. The molecule has 0 spiro atoms. The lowest BCUT2D eigenvalue weighted by atomic mass is 9.98. The number of alkyl halides is 3. The first kappa shape index (κ1) is 28.4. The third-order valence-electron chi connectivity index (χ3n) is 6.75. The molecule has 2 aromatic heterocycles. The molecule has 1 fully saturated rings. The van der Waals surface area contributed by atoms with Crippen molar-refractivity contribution in [3.05, 3.63) is 52.7 Å². The van der Waals surface area contributed by atoms with E-state index in [4.69, 9.17) is 5.73 Å². The molecule has 1 saturated heterocycles. The first-order valence-electron chi connectivity index (χ1n) is 12.0. The minimum atomic E-state index is -4.90. The Morgan fingerprint density at radius 1 is 1.18 bits per heavy atom. The fourth-order valence-electron chi connectivity index (χ4n) is 4.57. The zero-order chi connectivity index (χ0) is 28.7. The highest BCUT2D eigenvalue weighted by atomic mass is 32.2. The van der Waals surface area contributed by atoms with Crippen LogP contribution in [-0.2, 0) is 22.7 Å². The number of carbonyl (C=O) groups excluding carboxylic acids is 2. The van der Waals surface area contributed by atoms with Gasteiger partial charge in [-0.1, -0.05) is 0 Å². The molecule has 0 bridgehead atoms. The molecule has 2 amide bonds. The molecule has 0 radical (unpaired) electrons. The fraction of sp³-hybridized carbons (Fsp3) is 0.417. The number of fused-ring (bicyclic) bond motifs is 1. The van der Waals surface area contributed by atoms with Crippen molar-refractivity contribution in [1.29, 1.82) is 0 Å². The van der Waals surface area contributed by atoms with E-state index in [0.717, 1.165) is 22.9 Å². The van der Waals surface area contributed by atoms with Gasteiger partial charge in [-0.3, -0.25) is 14.3 Å². The zero-order valence-corrected chi connectivity index (χ0v) is 21.9. The molecule has 210 valence electrons. The third-order valence-corrected chi connectivity index (χ3v) is 8.63. The molecule has 1 aliphatic rings. The molecule has 0 saturated carbocycles. The van der Waals surface area contributed by atoms with Crippen LogP contribution in [0.2, 0.25) is 0 Å². The quantitative estimate of drug-likeness (QED) is 0.418. The molecule has 39 heavy (non-hydrogen) atoms. The first-order chi connectivity index (χ1) is 18.2. The van der Waals surface area contributed by atoms with E-state index in [2.05, 4.69) is 15.4 Å². The SMILES string of the molecule is CCS(=O)(=O)N1CCC(Cn2nc(C(F)(F)F)c(NC(=O)c3cc(C(N)=O)nc4cc(F)ccc34)c2C)CC1. The molecule has 3 aromatic rings. The number of benzene rings is 1. The number of anilines is 1. The molecule has 3 N–H and O–H groups in total. The van der Waals surface area contributed by atoms with Crippen LogP contribution < -0.4 is 11.1 Å². The van der Waals surface area contributed by atoms with Gasteiger partial charge < -0.3 is 11.1 Å². The van der Waals surface area contributed by atoms with E-state index < -0.39 is 45.2 Å². The Balaban J connectivity index is 1.65. The predicted molar refractivity (Wildman–Crippen MR) is 134 cm³/mol. The standard InChI is InChI=1S/C24H26F4N6O4S/c1-3-39(37,38)33-8-6-14(7-9-33)12-34-13(2)20(21(32-34)24(26,27)28)31-23(36)17-11-19(22(29)35)30-18-10-15(25)4-5-16(17)18/h4-5,10-11,14H,3,6-9,12H2,1-2H3,(H2,29,35)(H,31,36). The highest BCUT2D eigenvalue weighted by Gasteiger charge is 2.40. The van der Waals surface area contributed by atoms with Crippen molar-refractivity contribution < 1.29 is 35.6 Å². The van der Waals surface area contributed by atoms with Crippen molar-refractivity contribution in [1.82, 2.24) is 19.1 Å². The lowest BCUT2D eigenvalue weighted by Crippen LogP contribution is -2.40. The largest absolute Gasteiger partial charge is 0.437 e. The van der Waals surface area contributed by atoms with E-state index in [0.29, 0.717) is 12.8 Å². The van der Waals surface area contributed by atoms with E-state index in [1.807, 2.05) is 0 Å². The number of sulfonamides is 1. The van der Waals surface area contributed by atoms with Gasteiger partial charge in [0.2, 0.25) is 10.0 Å². The summed E-state index contributed by atoms with van der Waals surface area (Å²) in [5, 5.41) is 6.10. The van der Waals surface area contributed by atoms with Crippen molar-refractivity contribution in [3.63, 3.8) is 0 Å². The van der Waals surface area contributed by atoms with Crippen molar-refractivity contribution in [2.24, 2.45) is 11.7 Å². The van der Waals surface area contributed by atoms with Gasteiger partial charge in [-0.15, -0.1) is 0 Å². The number of hydrogen-bond acceptors (Lipinski definition) is 6. The molecule has 10 nitrogen and oxygen atoms in total. The average Bonchev–Trinajstić information content (AvgIpc) is 3.18. The van der Waals surface area contributed by atoms with Gasteiger partial charge in [-0.05, 0) is 50.8 Å². The van der Waals surface area contributed by atoms with Crippen molar-refractivity contribution in [2.75, 3.05) is 24.2 Å². The van der Waals surface area contributed by atoms with Gasteiger partial charge >= 0.3 is 6.18 Å². The monoisotopic (exact) mass is 570 g/mol. The van der Waals surface area contributed by atoms with Crippen LogP contribution in [0.15, 0.2) is 24.3 Å². The lowest BCUT2D eigenvalue weighted by Gasteiger charge is -2.31. The summed E-state index contributed by atoms with van der Waals surface area (Å²) in [5.74, 6) is -2.86. The molecule has 1 aliphatic heterocycles. The van der Waals surface area contributed by atoms with Gasteiger partial charge in [-0.25, -0.2) is 22.1 Å². The van der Waals surface area contributed by atoms with Gasteiger partial charge in [0, 0.05) is 31.1 Å². The normalized spacial score (nSPS) is 15.5. The minimum Gasteiger partial charge on any atom is -0.364 e. The van der Waals surface area contributed by atoms with Crippen LogP contribution in [-0.4, -0.2) is 58.1 Å². The van der Waals surface area contributed by atoms with Crippen LogP contribution in [0.25, 0.3) is 10.9 Å². The maximum atomic E-state index is 13.9. The smallest absolute Gasteiger partial charge is 0.364 e. The third kappa shape index (κ3) is 5.88. The maximum Gasteiger partial charge on any atom is 0.437 e. The van der Waals surface area contributed by atoms with Crippen LogP contribution in [0.4, 0.5) is 23.2 Å². The van der Waals surface area contributed by atoms with Crippen LogP contribution in [0.1, 0.15) is 52.0 Å².